The number of nitrogens with zero attached hydrogens (tertiary/aromatic N) is 4. The molecule has 142 valence electrons. The molecule has 4 rings (SSSR count). The first-order chi connectivity index (χ1) is 12.9. The van der Waals surface area contributed by atoms with E-state index in [9.17, 15) is 18.0 Å². The third-order valence-corrected chi connectivity index (χ3v) is 5.01. The largest absolute Gasteiger partial charge is 0.389 e. The lowest BCUT2D eigenvalue weighted by Gasteiger charge is -2.33. The third-order valence-electron chi connectivity index (χ3n) is 5.01. The molecule has 1 fully saturated rings. The molecule has 0 aromatic carbocycles. The highest BCUT2D eigenvalue weighted by Gasteiger charge is 2.31. The summed E-state index contributed by atoms with van der Waals surface area (Å²) in [6.45, 7) is 0.884. The van der Waals surface area contributed by atoms with Crippen LogP contribution in [0.15, 0.2) is 24.5 Å². The summed E-state index contributed by atoms with van der Waals surface area (Å²) in [5, 5.41) is 10.1. The van der Waals surface area contributed by atoms with Crippen LogP contribution in [0.3, 0.4) is 0 Å². The Morgan fingerprint density at radius 2 is 2.15 bits per heavy atom. The van der Waals surface area contributed by atoms with Gasteiger partial charge >= 0.3 is 6.18 Å². The van der Waals surface area contributed by atoms with Crippen LogP contribution in [0.5, 0.6) is 0 Å². The summed E-state index contributed by atoms with van der Waals surface area (Å²) in [6, 6.07) is 3.70. The van der Waals surface area contributed by atoms with Crippen molar-refractivity contribution in [3.63, 3.8) is 0 Å². The number of pyridine rings is 1. The fourth-order valence-corrected chi connectivity index (χ4v) is 3.74. The van der Waals surface area contributed by atoms with Crippen molar-refractivity contribution < 1.29 is 18.0 Å². The second kappa shape index (κ2) is 6.79. The lowest BCUT2D eigenvalue weighted by Crippen LogP contribution is -2.39. The second-order valence-corrected chi connectivity index (χ2v) is 6.83. The fraction of sp³-hybridized carbons (Fsp3) is 0.444. The van der Waals surface area contributed by atoms with Crippen molar-refractivity contribution in [1.82, 2.24) is 25.1 Å². The number of rotatable bonds is 3. The molecule has 3 aromatic heterocycles. The van der Waals surface area contributed by atoms with Gasteiger partial charge in [-0.25, -0.2) is 4.98 Å². The van der Waals surface area contributed by atoms with Gasteiger partial charge in [0.15, 0.2) is 5.65 Å². The van der Waals surface area contributed by atoms with Gasteiger partial charge in [-0.2, -0.15) is 13.2 Å². The maximum Gasteiger partial charge on any atom is 0.389 e. The molecule has 1 aliphatic rings. The predicted octanol–water partition coefficient (Wildman–Crippen LogP) is 3.55. The van der Waals surface area contributed by atoms with E-state index in [1.165, 1.54) is 0 Å². The summed E-state index contributed by atoms with van der Waals surface area (Å²) in [7, 11) is 0. The van der Waals surface area contributed by atoms with E-state index in [0.717, 1.165) is 34.8 Å². The van der Waals surface area contributed by atoms with Crippen molar-refractivity contribution in [2.75, 3.05) is 13.1 Å². The van der Waals surface area contributed by atoms with Crippen LogP contribution in [0.1, 0.15) is 37.3 Å². The molecule has 0 saturated carbocycles. The molecular weight excluding hydrogens is 359 g/mol. The molecule has 0 bridgehead atoms. The Kier molecular flexibility index (Phi) is 4.45. The summed E-state index contributed by atoms with van der Waals surface area (Å²) >= 11 is 0. The second-order valence-electron chi connectivity index (χ2n) is 6.83. The SMILES string of the molecule is O=C(CCC(F)(F)F)N1CCCC(c2[nH]ccc3nnc4nccc4c23)C1. The molecule has 6 nitrogen and oxygen atoms in total. The van der Waals surface area contributed by atoms with Crippen LogP contribution in [0.4, 0.5) is 13.2 Å². The Morgan fingerprint density at radius 1 is 1.30 bits per heavy atom. The van der Waals surface area contributed by atoms with Crippen molar-refractivity contribution in [2.45, 2.75) is 37.8 Å². The quantitative estimate of drug-likeness (QED) is 0.757. The number of amides is 1. The van der Waals surface area contributed by atoms with Gasteiger partial charge in [-0.3, -0.25) is 4.79 Å². The van der Waals surface area contributed by atoms with Gasteiger partial charge in [-0.05, 0) is 25.0 Å². The van der Waals surface area contributed by atoms with Crippen LogP contribution in [-0.2, 0) is 4.79 Å². The Hall–Kier alpha value is -2.71. The van der Waals surface area contributed by atoms with Crippen LogP contribution in [-0.4, -0.2) is 50.2 Å². The molecule has 1 unspecified atom stereocenters. The maximum atomic E-state index is 12.4. The number of carbonyl (C=O) groups excluding carboxylic acids is 1. The smallest absolute Gasteiger partial charge is 0.364 e. The van der Waals surface area contributed by atoms with E-state index in [4.69, 9.17) is 0 Å². The topological polar surface area (TPSA) is 74.8 Å². The lowest BCUT2D eigenvalue weighted by molar-refractivity contribution is -0.149. The number of hydrogen-bond donors (Lipinski definition) is 1. The van der Waals surface area contributed by atoms with Crippen molar-refractivity contribution in [3.8, 4) is 0 Å². The highest BCUT2D eigenvalue weighted by atomic mass is 19.4. The number of aromatic nitrogens is 4. The molecular formula is C18H18F3N5O. The summed E-state index contributed by atoms with van der Waals surface area (Å²) in [4.78, 5) is 21.2. The van der Waals surface area contributed by atoms with E-state index in [0.29, 0.717) is 18.7 Å². The number of H-pyrrole nitrogens is 1. The van der Waals surface area contributed by atoms with Crippen molar-refractivity contribution in [3.05, 3.63) is 30.2 Å². The first-order valence-corrected chi connectivity index (χ1v) is 8.85. The fourth-order valence-electron chi connectivity index (χ4n) is 3.74. The Balaban J connectivity index is 1.62. The van der Waals surface area contributed by atoms with E-state index in [2.05, 4.69) is 20.2 Å². The molecule has 0 radical (unpaired) electrons. The van der Waals surface area contributed by atoms with Gasteiger partial charge in [-0.15, -0.1) is 10.2 Å². The van der Waals surface area contributed by atoms with Crippen LogP contribution in [0.2, 0.25) is 0 Å². The highest BCUT2D eigenvalue weighted by Crippen LogP contribution is 2.33. The van der Waals surface area contributed by atoms with Gasteiger partial charge in [-0.1, -0.05) is 0 Å². The van der Waals surface area contributed by atoms with Crippen molar-refractivity contribution in [2.24, 2.45) is 0 Å². The summed E-state index contributed by atoms with van der Waals surface area (Å²) in [6.07, 6.45) is -0.864. The number of piperidine rings is 1. The number of carbonyl (C=O) groups is 1. The monoisotopic (exact) mass is 377 g/mol. The first-order valence-electron chi connectivity index (χ1n) is 8.85. The Morgan fingerprint density at radius 3 is 2.96 bits per heavy atom. The highest BCUT2D eigenvalue weighted by molar-refractivity contribution is 6.04. The standard InChI is InChI=1S/C18H18F3N5O/c19-18(20,21)6-3-14(27)26-9-1-2-11(10-26)16-15-12-4-7-23-17(12)25-24-13(15)5-8-22-16/h4-5,7-8,11,22H,1-3,6,9-10H2. The summed E-state index contributed by atoms with van der Waals surface area (Å²) in [5.74, 6) is -0.447. The van der Waals surface area contributed by atoms with E-state index in [-0.39, 0.29) is 5.92 Å². The summed E-state index contributed by atoms with van der Waals surface area (Å²) in [5.41, 5.74) is 2.20. The van der Waals surface area contributed by atoms with E-state index < -0.39 is 24.9 Å². The molecule has 9 heteroatoms. The minimum Gasteiger partial charge on any atom is -0.364 e. The number of nitrogens with one attached hydrogen (secondary N) is 1. The number of likely N-dealkylation sites (tertiary alicyclic amines) is 1. The minimum absolute atomic E-state index is 0.000383. The van der Waals surface area contributed by atoms with Gasteiger partial charge in [0.25, 0.3) is 0 Å². The molecule has 1 saturated heterocycles. The zero-order valence-corrected chi connectivity index (χ0v) is 14.5. The first kappa shape index (κ1) is 17.7. The molecule has 0 spiro atoms. The normalized spacial score (nSPS) is 18.3. The van der Waals surface area contributed by atoms with Crippen LogP contribution < -0.4 is 0 Å². The number of fused-ring (bicyclic) bond motifs is 3. The van der Waals surface area contributed by atoms with E-state index >= 15 is 0 Å². The molecule has 4 heterocycles. The molecule has 27 heavy (non-hydrogen) atoms. The van der Waals surface area contributed by atoms with Crippen LogP contribution >= 0.6 is 0 Å². The molecule has 1 atom stereocenters. The van der Waals surface area contributed by atoms with Crippen molar-refractivity contribution in [1.29, 1.82) is 0 Å². The Bertz CT molecular complexity index is 984. The van der Waals surface area contributed by atoms with Crippen LogP contribution in [0, 0.1) is 0 Å². The van der Waals surface area contributed by atoms with E-state index in [1.807, 2.05) is 12.1 Å². The number of aromatic amines is 1. The van der Waals surface area contributed by atoms with E-state index in [1.54, 1.807) is 17.3 Å². The molecule has 1 amide bonds. The molecule has 0 aliphatic carbocycles. The Labute approximate surface area is 152 Å². The van der Waals surface area contributed by atoms with Gasteiger partial charge in [0.2, 0.25) is 5.91 Å². The average Bonchev–Trinajstić information content (AvgIpc) is 3.14. The number of alkyl halides is 3. The van der Waals surface area contributed by atoms with Gasteiger partial charge in [0.1, 0.15) is 0 Å². The number of hydrogen-bond acceptors (Lipinski definition) is 4. The average molecular weight is 377 g/mol. The maximum absolute atomic E-state index is 12.4. The summed E-state index contributed by atoms with van der Waals surface area (Å²) < 4.78 is 37.3. The third kappa shape index (κ3) is 3.58. The number of halogens is 3. The minimum atomic E-state index is -4.32. The van der Waals surface area contributed by atoms with Crippen LogP contribution in [0.25, 0.3) is 21.9 Å². The van der Waals surface area contributed by atoms with Crippen molar-refractivity contribution >= 4 is 27.8 Å². The lowest BCUT2D eigenvalue weighted by atomic mass is 9.91. The van der Waals surface area contributed by atoms with Gasteiger partial charge in [0, 0.05) is 54.3 Å². The predicted molar refractivity (Wildman–Crippen MR) is 93.0 cm³/mol. The zero-order chi connectivity index (χ0) is 19.0. The molecule has 3 aromatic rings. The molecule has 1 N–H and O–H groups in total. The van der Waals surface area contributed by atoms with Gasteiger partial charge < -0.3 is 9.88 Å². The zero-order valence-electron chi connectivity index (χ0n) is 14.5. The molecule has 1 aliphatic heterocycles. The van der Waals surface area contributed by atoms with Gasteiger partial charge in [0.05, 0.1) is 11.9 Å².